The minimum absolute atomic E-state index is 0.122. The van der Waals surface area contributed by atoms with Crippen LogP contribution in [-0.4, -0.2) is 39.7 Å². The van der Waals surface area contributed by atoms with Crippen LogP contribution in [0.3, 0.4) is 0 Å². The lowest BCUT2D eigenvalue weighted by molar-refractivity contribution is 0.0997. The SMILES string of the molecule is CNS(=O)(=O)c1ccc(NCC2COc3ccccc3O2)nc1. The average Bonchev–Trinajstić information content (AvgIpc) is 2.60. The molecule has 1 aliphatic heterocycles. The van der Waals surface area contributed by atoms with Crippen molar-refractivity contribution in [2.24, 2.45) is 0 Å². The number of pyridine rings is 1. The zero-order valence-corrected chi connectivity index (χ0v) is 13.3. The van der Waals surface area contributed by atoms with Gasteiger partial charge in [-0.2, -0.15) is 0 Å². The highest BCUT2D eigenvalue weighted by atomic mass is 32.2. The standard InChI is InChI=1S/C15H17N3O4S/c1-16-23(19,20)12-6-7-15(18-9-12)17-8-11-10-21-13-4-2-3-5-14(13)22-11/h2-7,9,11,16H,8,10H2,1H3,(H,17,18). The van der Waals surface area contributed by atoms with Crippen LogP contribution in [-0.2, 0) is 10.0 Å². The zero-order valence-electron chi connectivity index (χ0n) is 12.5. The van der Waals surface area contributed by atoms with E-state index in [4.69, 9.17) is 9.47 Å². The predicted octanol–water partition coefficient (Wildman–Crippen LogP) is 1.24. The molecule has 1 unspecified atom stereocenters. The maximum absolute atomic E-state index is 11.6. The summed E-state index contributed by atoms with van der Waals surface area (Å²) >= 11 is 0. The van der Waals surface area contributed by atoms with Gasteiger partial charge < -0.3 is 14.8 Å². The van der Waals surface area contributed by atoms with Crippen LogP contribution in [0.15, 0.2) is 47.5 Å². The van der Waals surface area contributed by atoms with Crippen LogP contribution < -0.4 is 19.5 Å². The Morgan fingerprint density at radius 2 is 2.00 bits per heavy atom. The topological polar surface area (TPSA) is 89.6 Å². The van der Waals surface area contributed by atoms with E-state index in [1.54, 1.807) is 6.07 Å². The molecule has 0 saturated carbocycles. The first-order valence-electron chi connectivity index (χ1n) is 7.10. The number of rotatable bonds is 5. The molecule has 1 aromatic heterocycles. The quantitative estimate of drug-likeness (QED) is 0.854. The second kappa shape index (κ2) is 6.43. The summed E-state index contributed by atoms with van der Waals surface area (Å²) in [5, 5.41) is 3.11. The number of hydrogen-bond acceptors (Lipinski definition) is 6. The normalized spacial score (nSPS) is 16.8. The van der Waals surface area contributed by atoms with Crippen LogP contribution in [0.1, 0.15) is 0 Å². The maximum Gasteiger partial charge on any atom is 0.241 e. The Kier molecular flexibility index (Phi) is 4.35. The van der Waals surface area contributed by atoms with Gasteiger partial charge in [-0.15, -0.1) is 0 Å². The molecule has 0 aliphatic carbocycles. The van der Waals surface area contributed by atoms with Crippen LogP contribution in [0.4, 0.5) is 5.82 Å². The van der Waals surface area contributed by atoms with E-state index in [1.165, 1.54) is 19.3 Å². The van der Waals surface area contributed by atoms with Crippen molar-refractivity contribution >= 4 is 15.8 Å². The lowest BCUT2D eigenvalue weighted by Crippen LogP contribution is -2.35. The highest BCUT2D eigenvalue weighted by molar-refractivity contribution is 7.89. The molecule has 2 aromatic rings. The molecule has 7 nitrogen and oxygen atoms in total. The fourth-order valence-electron chi connectivity index (χ4n) is 2.14. The van der Waals surface area contributed by atoms with E-state index >= 15 is 0 Å². The molecule has 0 bridgehead atoms. The van der Waals surface area contributed by atoms with E-state index in [1.807, 2.05) is 24.3 Å². The van der Waals surface area contributed by atoms with Gasteiger partial charge in [-0.3, -0.25) is 0 Å². The highest BCUT2D eigenvalue weighted by Gasteiger charge is 2.20. The van der Waals surface area contributed by atoms with Crippen LogP contribution >= 0.6 is 0 Å². The molecule has 122 valence electrons. The summed E-state index contributed by atoms with van der Waals surface area (Å²) in [6.45, 7) is 0.940. The molecule has 1 aliphatic rings. The molecular formula is C15H17N3O4S. The number of nitrogens with zero attached hydrogens (tertiary/aromatic N) is 1. The molecule has 0 radical (unpaired) electrons. The lowest BCUT2D eigenvalue weighted by Gasteiger charge is -2.26. The molecule has 1 atom stereocenters. The third-order valence-electron chi connectivity index (χ3n) is 3.39. The summed E-state index contributed by atoms with van der Waals surface area (Å²) in [5.74, 6) is 2.03. The number of nitrogens with one attached hydrogen (secondary N) is 2. The van der Waals surface area contributed by atoms with Crippen LogP contribution in [0, 0.1) is 0 Å². The van der Waals surface area contributed by atoms with Gasteiger partial charge in [-0.1, -0.05) is 12.1 Å². The molecule has 2 heterocycles. The molecule has 3 rings (SSSR count). The van der Waals surface area contributed by atoms with Gasteiger partial charge in [0.15, 0.2) is 11.5 Å². The van der Waals surface area contributed by atoms with Crippen LogP contribution in [0.5, 0.6) is 11.5 Å². The van der Waals surface area contributed by atoms with E-state index in [-0.39, 0.29) is 11.0 Å². The third kappa shape index (κ3) is 3.54. The number of para-hydroxylation sites is 2. The number of aromatic nitrogens is 1. The predicted molar refractivity (Wildman–Crippen MR) is 85.3 cm³/mol. The molecule has 0 fully saturated rings. The monoisotopic (exact) mass is 335 g/mol. The summed E-state index contributed by atoms with van der Waals surface area (Å²) in [6, 6.07) is 10.6. The van der Waals surface area contributed by atoms with E-state index in [9.17, 15) is 8.42 Å². The Hall–Kier alpha value is -2.32. The minimum Gasteiger partial charge on any atom is -0.486 e. The van der Waals surface area contributed by atoms with Crippen molar-refractivity contribution < 1.29 is 17.9 Å². The maximum atomic E-state index is 11.6. The lowest BCUT2D eigenvalue weighted by atomic mass is 10.2. The van der Waals surface area contributed by atoms with Crippen molar-refractivity contribution in [2.75, 3.05) is 25.5 Å². The van der Waals surface area contributed by atoms with E-state index < -0.39 is 10.0 Å². The Labute approximate surface area is 134 Å². The van der Waals surface area contributed by atoms with Crippen LogP contribution in [0.25, 0.3) is 0 Å². The number of ether oxygens (including phenoxy) is 2. The van der Waals surface area contributed by atoms with Crippen molar-refractivity contribution in [2.45, 2.75) is 11.0 Å². The molecule has 0 spiro atoms. The fraction of sp³-hybridized carbons (Fsp3) is 0.267. The largest absolute Gasteiger partial charge is 0.486 e. The van der Waals surface area contributed by atoms with Crippen molar-refractivity contribution in [1.29, 1.82) is 0 Å². The number of anilines is 1. The number of fused-ring (bicyclic) bond motifs is 1. The van der Waals surface area contributed by atoms with Crippen molar-refractivity contribution in [3.8, 4) is 11.5 Å². The molecule has 0 saturated heterocycles. The van der Waals surface area contributed by atoms with Gasteiger partial charge in [0.2, 0.25) is 10.0 Å². The minimum atomic E-state index is -3.47. The summed E-state index contributed by atoms with van der Waals surface area (Å²) in [7, 11) is -2.11. The summed E-state index contributed by atoms with van der Waals surface area (Å²) in [4.78, 5) is 4.22. The first-order valence-corrected chi connectivity index (χ1v) is 8.59. The zero-order chi connectivity index (χ0) is 16.3. The third-order valence-corrected chi connectivity index (χ3v) is 4.79. The fourth-order valence-corrected chi connectivity index (χ4v) is 2.82. The second-order valence-corrected chi connectivity index (χ2v) is 6.85. The van der Waals surface area contributed by atoms with Gasteiger partial charge in [0, 0.05) is 6.20 Å². The van der Waals surface area contributed by atoms with Crippen LogP contribution in [0.2, 0.25) is 0 Å². The summed E-state index contributed by atoms with van der Waals surface area (Å²) in [6.07, 6.45) is 1.16. The molecule has 23 heavy (non-hydrogen) atoms. The molecule has 8 heteroatoms. The van der Waals surface area contributed by atoms with Gasteiger partial charge in [0.1, 0.15) is 23.4 Å². The summed E-state index contributed by atoms with van der Waals surface area (Å²) in [5.41, 5.74) is 0. The molecule has 1 aromatic carbocycles. The van der Waals surface area contributed by atoms with E-state index in [2.05, 4.69) is 15.0 Å². The molecule has 0 amide bonds. The highest BCUT2D eigenvalue weighted by Crippen LogP contribution is 2.30. The number of hydrogen-bond donors (Lipinski definition) is 2. The Morgan fingerprint density at radius 1 is 1.22 bits per heavy atom. The first-order chi connectivity index (χ1) is 11.1. The van der Waals surface area contributed by atoms with Crippen molar-refractivity contribution in [3.05, 3.63) is 42.6 Å². The Morgan fingerprint density at radius 3 is 2.70 bits per heavy atom. The second-order valence-electron chi connectivity index (χ2n) is 4.97. The summed E-state index contributed by atoms with van der Waals surface area (Å²) < 4.78 is 37.0. The Balaban J connectivity index is 1.59. The van der Waals surface area contributed by atoms with Crippen molar-refractivity contribution in [1.82, 2.24) is 9.71 Å². The molecule has 2 N–H and O–H groups in total. The van der Waals surface area contributed by atoms with E-state index in [0.29, 0.717) is 24.7 Å². The number of benzene rings is 1. The van der Waals surface area contributed by atoms with Gasteiger partial charge in [0.05, 0.1) is 6.54 Å². The van der Waals surface area contributed by atoms with Gasteiger partial charge in [-0.25, -0.2) is 18.1 Å². The van der Waals surface area contributed by atoms with Gasteiger partial charge in [0.25, 0.3) is 0 Å². The smallest absolute Gasteiger partial charge is 0.241 e. The van der Waals surface area contributed by atoms with Gasteiger partial charge >= 0.3 is 0 Å². The number of sulfonamides is 1. The van der Waals surface area contributed by atoms with Gasteiger partial charge in [-0.05, 0) is 31.3 Å². The van der Waals surface area contributed by atoms with Crippen molar-refractivity contribution in [3.63, 3.8) is 0 Å². The first kappa shape index (κ1) is 15.6. The molecular weight excluding hydrogens is 318 g/mol. The Bertz CT molecular complexity index is 778. The average molecular weight is 335 g/mol. The van der Waals surface area contributed by atoms with E-state index in [0.717, 1.165) is 5.75 Å².